The average Bonchev–Trinajstić information content (AvgIpc) is 2.68. The third kappa shape index (κ3) is 3.46. The van der Waals surface area contributed by atoms with Gasteiger partial charge >= 0.3 is 0 Å². The third-order valence-corrected chi connectivity index (χ3v) is 3.02. The van der Waals surface area contributed by atoms with Gasteiger partial charge in [0.1, 0.15) is 11.4 Å². The van der Waals surface area contributed by atoms with Crippen LogP contribution in [-0.2, 0) is 4.79 Å². The van der Waals surface area contributed by atoms with E-state index in [0.29, 0.717) is 17.4 Å². The Morgan fingerprint density at radius 1 is 1.40 bits per heavy atom. The summed E-state index contributed by atoms with van der Waals surface area (Å²) in [6.07, 6.45) is 3.40. The van der Waals surface area contributed by atoms with E-state index in [2.05, 4.69) is 11.9 Å². The first-order valence-electron chi connectivity index (χ1n) is 5.75. The molecule has 1 aliphatic rings. The Balaban J connectivity index is 0.00000200. The van der Waals surface area contributed by atoms with Crippen molar-refractivity contribution in [2.75, 3.05) is 13.7 Å². The Labute approximate surface area is 133 Å². The number of rotatable bonds is 4. The van der Waals surface area contributed by atoms with Crippen LogP contribution in [0.25, 0.3) is 6.08 Å². The van der Waals surface area contributed by atoms with Gasteiger partial charge in [0.2, 0.25) is 0 Å². The largest absolute Gasteiger partial charge is 0.497 e. The Morgan fingerprint density at radius 2 is 2.05 bits per heavy atom. The first-order valence-corrected chi connectivity index (χ1v) is 6.16. The molecule has 0 radical (unpaired) electrons. The van der Waals surface area contributed by atoms with Gasteiger partial charge in [-0.1, -0.05) is 18.2 Å². The number of thiocarbonyl (C=S) groups is 1. The molecule has 1 aromatic rings. The smallest absolute Gasteiger partial charge is 0.276 e. The molecule has 1 amide bonds. The van der Waals surface area contributed by atoms with Gasteiger partial charge < -0.3 is 10.1 Å². The number of amides is 1. The highest BCUT2D eigenvalue weighted by Crippen LogP contribution is 2.16. The maximum Gasteiger partial charge on any atom is 0.276 e. The third-order valence-electron chi connectivity index (χ3n) is 2.70. The van der Waals surface area contributed by atoms with Gasteiger partial charge in [0.25, 0.3) is 5.91 Å². The van der Waals surface area contributed by atoms with Gasteiger partial charge in [0.05, 0.1) is 7.11 Å². The summed E-state index contributed by atoms with van der Waals surface area (Å²) in [5, 5.41) is 3.31. The van der Waals surface area contributed by atoms with E-state index in [-0.39, 0.29) is 22.9 Å². The van der Waals surface area contributed by atoms with Crippen molar-refractivity contribution < 1.29 is 9.53 Å². The van der Waals surface area contributed by atoms with E-state index in [1.54, 1.807) is 19.3 Å². The molecule has 106 valence electrons. The van der Waals surface area contributed by atoms with Gasteiger partial charge in [0, 0.05) is 6.54 Å². The molecule has 1 N–H and O–H groups in total. The van der Waals surface area contributed by atoms with Crippen molar-refractivity contribution in [3.63, 3.8) is 0 Å². The van der Waals surface area contributed by atoms with Crippen LogP contribution in [0.1, 0.15) is 5.56 Å². The van der Waals surface area contributed by atoms with Crippen LogP contribution in [0.5, 0.6) is 5.75 Å². The fourth-order valence-corrected chi connectivity index (χ4v) is 2.00. The summed E-state index contributed by atoms with van der Waals surface area (Å²) in [5.74, 6) is 0.636. The van der Waals surface area contributed by atoms with E-state index >= 15 is 0 Å². The zero-order chi connectivity index (χ0) is 13.8. The minimum atomic E-state index is -0.138. The second-order valence-electron chi connectivity index (χ2n) is 3.97. The van der Waals surface area contributed by atoms with Crippen LogP contribution in [0.15, 0.2) is 42.6 Å². The van der Waals surface area contributed by atoms with Gasteiger partial charge in [0.15, 0.2) is 5.11 Å². The number of carbonyl (C=O) groups is 1. The molecular formula is C14H15BrN2O2S. The van der Waals surface area contributed by atoms with Crippen molar-refractivity contribution in [2.24, 2.45) is 0 Å². The van der Waals surface area contributed by atoms with Crippen LogP contribution in [-0.4, -0.2) is 29.6 Å². The summed E-state index contributed by atoms with van der Waals surface area (Å²) in [6.45, 7) is 4.01. The second kappa shape index (κ2) is 7.21. The van der Waals surface area contributed by atoms with Crippen molar-refractivity contribution in [3.8, 4) is 5.75 Å². The lowest BCUT2D eigenvalue weighted by Crippen LogP contribution is -2.30. The van der Waals surface area contributed by atoms with Crippen LogP contribution in [0, 0.1) is 0 Å². The molecule has 1 saturated heterocycles. The topological polar surface area (TPSA) is 41.6 Å². The minimum absolute atomic E-state index is 0. The van der Waals surface area contributed by atoms with Crippen LogP contribution < -0.4 is 10.1 Å². The van der Waals surface area contributed by atoms with Crippen molar-refractivity contribution in [1.82, 2.24) is 10.2 Å². The fourth-order valence-electron chi connectivity index (χ4n) is 1.73. The van der Waals surface area contributed by atoms with E-state index < -0.39 is 0 Å². The van der Waals surface area contributed by atoms with Gasteiger partial charge in [-0.05, 0) is 36.0 Å². The molecule has 1 heterocycles. The van der Waals surface area contributed by atoms with E-state index in [4.69, 9.17) is 17.0 Å². The van der Waals surface area contributed by atoms with Crippen LogP contribution in [0.4, 0.5) is 0 Å². The predicted molar refractivity (Wildman–Crippen MR) is 88.9 cm³/mol. The molecule has 4 nitrogen and oxygen atoms in total. The Bertz CT molecular complexity index is 555. The second-order valence-corrected chi connectivity index (χ2v) is 4.35. The lowest BCUT2D eigenvalue weighted by Gasteiger charge is -2.09. The number of hydrogen-bond donors (Lipinski definition) is 1. The Kier molecular flexibility index (Phi) is 5.91. The molecule has 0 spiro atoms. The minimum Gasteiger partial charge on any atom is -0.497 e. The van der Waals surface area contributed by atoms with Crippen LogP contribution >= 0.6 is 29.2 Å². The number of nitrogens with zero attached hydrogens (tertiary/aromatic N) is 1. The Morgan fingerprint density at radius 3 is 2.60 bits per heavy atom. The number of halogens is 1. The van der Waals surface area contributed by atoms with E-state index in [1.165, 1.54) is 4.90 Å². The molecule has 0 saturated carbocycles. The molecule has 1 aromatic carbocycles. The monoisotopic (exact) mass is 354 g/mol. The molecule has 0 unspecified atom stereocenters. The van der Waals surface area contributed by atoms with E-state index in [9.17, 15) is 4.79 Å². The highest BCUT2D eigenvalue weighted by atomic mass is 79.9. The quantitative estimate of drug-likeness (QED) is 0.512. The molecular weight excluding hydrogens is 340 g/mol. The van der Waals surface area contributed by atoms with Crippen molar-refractivity contribution in [2.45, 2.75) is 0 Å². The SMILES string of the molecule is Br.C=CCN1C(=O)/C(=C/c2ccc(OC)cc2)NC1=S. The van der Waals surface area contributed by atoms with Crippen molar-refractivity contribution >= 4 is 46.3 Å². The number of ether oxygens (including phenoxy) is 1. The maximum atomic E-state index is 12.1. The van der Waals surface area contributed by atoms with E-state index in [0.717, 1.165) is 11.3 Å². The van der Waals surface area contributed by atoms with Gasteiger partial charge in [-0.2, -0.15) is 0 Å². The molecule has 0 atom stereocenters. The standard InChI is InChI=1S/C14H14N2O2S.BrH/c1-3-8-16-13(17)12(15-14(16)19)9-10-4-6-11(18-2)7-5-10;/h3-7,9H,1,8H2,2H3,(H,15,19);1H/b12-9-;. The van der Waals surface area contributed by atoms with E-state index in [1.807, 2.05) is 24.3 Å². The van der Waals surface area contributed by atoms with Crippen molar-refractivity contribution in [3.05, 3.63) is 48.2 Å². The summed E-state index contributed by atoms with van der Waals surface area (Å²) in [5.41, 5.74) is 1.37. The number of carbonyl (C=O) groups excluding carboxylic acids is 1. The fraction of sp³-hybridized carbons (Fsp3) is 0.143. The molecule has 20 heavy (non-hydrogen) atoms. The maximum absolute atomic E-state index is 12.1. The molecule has 1 fully saturated rings. The number of methoxy groups -OCH3 is 1. The first-order chi connectivity index (χ1) is 9.15. The molecule has 0 aromatic heterocycles. The van der Waals surface area contributed by atoms with Gasteiger partial charge in [-0.15, -0.1) is 23.6 Å². The highest BCUT2D eigenvalue weighted by molar-refractivity contribution is 8.93. The molecule has 0 bridgehead atoms. The zero-order valence-corrected chi connectivity index (χ0v) is 13.5. The highest BCUT2D eigenvalue weighted by Gasteiger charge is 2.29. The Hall–Kier alpha value is -1.66. The molecule has 0 aliphatic carbocycles. The van der Waals surface area contributed by atoms with Gasteiger partial charge in [-0.25, -0.2) is 0 Å². The molecule has 6 heteroatoms. The van der Waals surface area contributed by atoms with Crippen LogP contribution in [0.3, 0.4) is 0 Å². The lowest BCUT2D eigenvalue weighted by atomic mass is 10.2. The number of hydrogen-bond acceptors (Lipinski definition) is 3. The predicted octanol–water partition coefficient (Wildman–Crippen LogP) is 2.52. The summed E-state index contributed by atoms with van der Waals surface area (Å²) in [7, 11) is 1.61. The average molecular weight is 355 g/mol. The number of nitrogens with one attached hydrogen (secondary N) is 1. The summed E-state index contributed by atoms with van der Waals surface area (Å²) < 4.78 is 5.08. The summed E-state index contributed by atoms with van der Waals surface area (Å²) in [6, 6.07) is 7.43. The summed E-state index contributed by atoms with van der Waals surface area (Å²) >= 11 is 5.10. The van der Waals surface area contributed by atoms with Crippen LogP contribution in [0.2, 0.25) is 0 Å². The lowest BCUT2D eigenvalue weighted by molar-refractivity contribution is -0.122. The van der Waals surface area contributed by atoms with Crippen molar-refractivity contribution in [1.29, 1.82) is 0 Å². The van der Waals surface area contributed by atoms with Gasteiger partial charge in [-0.3, -0.25) is 9.69 Å². The normalized spacial score (nSPS) is 15.8. The summed E-state index contributed by atoms with van der Waals surface area (Å²) in [4.78, 5) is 13.5. The molecule has 1 aliphatic heterocycles. The number of benzene rings is 1. The zero-order valence-electron chi connectivity index (χ0n) is 11.0. The molecule has 2 rings (SSSR count). The first kappa shape index (κ1) is 16.4.